The molecule has 9 heteroatoms. The summed E-state index contributed by atoms with van der Waals surface area (Å²) in [6, 6.07) is 24.3. The van der Waals surface area contributed by atoms with E-state index in [1.165, 1.54) is 48.4 Å². The lowest BCUT2D eigenvalue weighted by molar-refractivity contribution is -0.140. The summed E-state index contributed by atoms with van der Waals surface area (Å²) in [4.78, 5) is 30.3. The number of amides is 2. The summed E-state index contributed by atoms with van der Waals surface area (Å²) in [5.41, 5.74) is 3.65. The molecule has 3 aromatic carbocycles. The van der Waals surface area contributed by atoms with E-state index < -0.39 is 28.5 Å². The van der Waals surface area contributed by atoms with Gasteiger partial charge in [0.05, 0.1) is 19.1 Å². The predicted octanol–water partition coefficient (Wildman–Crippen LogP) is 6.63. The maximum absolute atomic E-state index is 14.6. The lowest BCUT2D eigenvalue weighted by Crippen LogP contribution is -2.54. The highest BCUT2D eigenvalue weighted by atomic mass is 32.2. The van der Waals surface area contributed by atoms with E-state index in [1.54, 1.807) is 12.0 Å². The Balaban J connectivity index is 1.19. The summed E-state index contributed by atoms with van der Waals surface area (Å²) < 4.78 is 33.5. The second kappa shape index (κ2) is 14.4. The second-order valence-corrected chi connectivity index (χ2v) is 17.5. The second-order valence-electron chi connectivity index (χ2n) is 15.6. The number of methoxy groups -OCH3 is 1. The van der Waals surface area contributed by atoms with Crippen molar-refractivity contribution < 1.29 is 22.7 Å². The SMILES string of the molecule is COc1cccc(CN(C(=O)CN(c2ccc(C34CC5CC(CC(C5)C3)C4)cc2)S(C)(=O)=O)C(Cc2ccccc2)C(=O)NC2CCCC2)c1. The first-order valence-electron chi connectivity index (χ1n) is 18.4. The van der Waals surface area contributed by atoms with E-state index in [0.717, 1.165) is 60.8 Å². The molecule has 5 fully saturated rings. The van der Waals surface area contributed by atoms with Gasteiger partial charge in [-0.25, -0.2) is 8.42 Å². The minimum Gasteiger partial charge on any atom is -0.497 e. The first-order valence-corrected chi connectivity index (χ1v) is 20.3. The predicted molar refractivity (Wildman–Crippen MR) is 196 cm³/mol. The van der Waals surface area contributed by atoms with Crippen LogP contribution in [-0.2, 0) is 38.0 Å². The normalized spacial score (nSPS) is 24.9. The summed E-state index contributed by atoms with van der Waals surface area (Å²) in [7, 11) is -2.26. The highest BCUT2D eigenvalue weighted by Gasteiger charge is 2.51. The van der Waals surface area contributed by atoms with Crippen molar-refractivity contribution >= 4 is 27.5 Å². The van der Waals surface area contributed by atoms with Crippen LogP contribution in [0.1, 0.15) is 80.9 Å². The number of hydrogen-bond acceptors (Lipinski definition) is 5. The molecule has 3 aromatic rings. The molecule has 2 amide bonds. The molecule has 0 radical (unpaired) electrons. The smallest absolute Gasteiger partial charge is 0.244 e. The summed E-state index contributed by atoms with van der Waals surface area (Å²) >= 11 is 0. The molecule has 5 aliphatic carbocycles. The van der Waals surface area contributed by atoms with Gasteiger partial charge < -0.3 is 15.0 Å². The summed E-state index contributed by atoms with van der Waals surface area (Å²) in [6.07, 6.45) is 13.1. The molecule has 0 aliphatic heterocycles. The number of ether oxygens (including phenoxy) is 1. The third-order valence-electron chi connectivity index (χ3n) is 11.9. The molecular weight excluding hydrogens is 647 g/mol. The van der Waals surface area contributed by atoms with Crippen molar-refractivity contribution in [3.8, 4) is 5.75 Å². The van der Waals surface area contributed by atoms with Gasteiger partial charge in [-0.05, 0) is 115 Å². The Morgan fingerprint density at radius 2 is 1.48 bits per heavy atom. The molecule has 0 spiro atoms. The van der Waals surface area contributed by atoms with Crippen molar-refractivity contribution in [2.75, 3.05) is 24.2 Å². The van der Waals surface area contributed by atoms with Crippen molar-refractivity contribution in [3.63, 3.8) is 0 Å². The number of sulfonamides is 1. The van der Waals surface area contributed by atoms with Gasteiger partial charge in [-0.3, -0.25) is 13.9 Å². The average Bonchev–Trinajstić information content (AvgIpc) is 3.61. The Morgan fingerprint density at radius 3 is 2.08 bits per heavy atom. The van der Waals surface area contributed by atoms with Crippen LogP contribution < -0.4 is 14.4 Å². The molecule has 0 aromatic heterocycles. The van der Waals surface area contributed by atoms with Gasteiger partial charge in [-0.1, -0.05) is 67.4 Å². The number of carbonyl (C=O) groups excluding carboxylic acids is 2. The zero-order valence-corrected chi connectivity index (χ0v) is 30.2. The zero-order valence-electron chi connectivity index (χ0n) is 29.4. The van der Waals surface area contributed by atoms with Crippen LogP contribution in [0.3, 0.4) is 0 Å². The monoisotopic (exact) mass is 697 g/mol. The third kappa shape index (κ3) is 7.58. The molecule has 0 heterocycles. The van der Waals surface area contributed by atoms with Crippen LogP contribution in [0.2, 0.25) is 0 Å². The van der Waals surface area contributed by atoms with E-state index in [-0.39, 0.29) is 23.9 Å². The van der Waals surface area contributed by atoms with Gasteiger partial charge in [0, 0.05) is 19.0 Å². The van der Waals surface area contributed by atoms with Gasteiger partial charge in [0.2, 0.25) is 21.8 Å². The van der Waals surface area contributed by atoms with E-state index in [9.17, 15) is 18.0 Å². The largest absolute Gasteiger partial charge is 0.497 e. The van der Waals surface area contributed by atoms with Crippen LogP contribution in [0, 0.1) is 17.8 Å². The van der Waals surface area contributed by atoms with E-state index in [1.807, 2.05) is 66.7 Å². The van der Waals surface area contributed by atoms with Crippen LogP contribution >= 0.6 is 0 Å². The van der Waals surface area contributed by atoms with Crippen molar-refractivity contribution in [2.45, 2.75) is 94.7 Å². The van der Waals surface area contributed by atoms with Crippen molar-refractivity contribution in [2.24, 2.45) is 17.8 Å². The highest BCUT2D eigenvalue weighted by molar-refractivity contribution is 7.92. The molecule has 266 valence electrons. The third-order valence-corrected chi connectivity index (χ3v) is 13.1. The van der Waals surface area contributed by atoms with Crippen LogP contribution in [0.4, 0.5) is 5.69 Å². The van der Waals surface area contributed by atoms with Crippen molar-refractivity contribution in [1.82, 2.24) is 10.2 Å². The Hall–Kier alpha value is -3.85. The number of nitrogens with zero attached hydrogens (tertiary/aromatic N) is 2. The fourth-order valence-corrected chi connectivity index (χ4v) is 10.8. The van der Waals surface area contributed by atoms with Gasteiger partial charge in [0.25, 0.3) is 0 Å². The summed E-state index contributed by atoms with van der Waals surface area (Å²) in [6.45, 7) is -0.296. The van der Waals surface area contributed by atoms with Gasteiger partial charge in [-0.15, -0.1) is 0 Å². The molecule has 1 atom stereocenters. The maximum atomic E-state index is 14.6. The summed E-state index contributed by atoms with van der Waals surface area (Å²) in [5.74, 6) is 2.39. The summed E-state index contributed by atoms with van der Waals surface area (Å²) in [5, 5.41) is 3.23. The Bertz CT molecular complexity index is 1740. The standard InChI is InChI=1S/C41H51N3O5S/c1-49-37-14-8-11-30(22-37)27-43(38(23-29-9-4-3-5-10-29)40(46)42-35-12-6-7-13-35)39(45)28-44(50(2,47)48)36-17-15-34(16-18-36)41-24-31-19-32(25-41)21-33(20-31)26-41/h3-5,8-11,14-18,22,31-33,35,38H,6-7,12-13,19-21,23-28H2,1-2H3,(H,42,46). The van der Waals surface area contributed by atoms with Crippen molar-refractivity contribution in [1.29, 1.82) is 0 Å². The van der Waals surface area contributed by atoms with Crippen LogP contribution in [0.5, 0.6) is 5.75 Å². The Morgan fingerprint density at radius 1 is 0.860 bits per heavy atom. The lowest BCUT2D eigenvalue weighted by Gasteiger charge is -2.57. The Labute approximate surface area is 297 Å². The number of hydrogen-bond donors (Lipinski definition) is 1. The molecule has 0 saturated heterocycles. The van der Waals surface area contributed by atoms with Gasteiger partial charge in [0.15, 0.2) is 0 Å². The Kier molecular flexibility index (Phi) is 9.97. The topological polar surface area (TPSA) is 96.0 Å². The molecule has 5 aliphatic rings. The minimum absolute atomic E-state index is 0.0644. The molecule has 4 bridgehead atoms. The number of rotatable bonds is 13. The molecule has 50 heavy (non-hydrogen) atoms. The highest BCUT2D eigenvalue weighted by Crippen LogP contribution is 2.60. The molecular formula is C41H51N3O5S. The molecule has 8 rings (SSSR count). The van der Waals surface area contributed by atoms with Crippen LogP contribution in [0.15, 0.2) is 78.9 Å². The quantitative estimate of drug-likeness (QED) is 0.217. The molecule has 8 nitrogen and oxygen atoms in total. The average molecular weight is 698 g/mol. The first kappa shape index (κ1) is 34.6. The van der Waals surface area contributed by atoms with Crippen LogP contribution in [0.25, 0.3) is 0 Å². The van der Waals surface area contributed by atoms with E-state index in [0.29, 0.717) is 17.9 Å². The fraction of sp³-hybridized carbons (Fsp3) is 0.512. The number of benzene rings is 3. The minimum atomic E-state index is -3.85. The van der Waals surface area contributed by atoms with Crippen molar-refractivity contribution in [3.05, 3.63) is 95.6 Å². The molecule has 5 saturated carbocycles. The first-order chi connectivity index (χ1) is 24.1. The maximum Gasteiger partial charge on any atom is 0.244 e. The number of carbonyl (C=O) groups is 2. The van der Waals surface area contributed by atoms with Gasteiger partial charge >= 0.3 is 0 Å². The fourth-order valence-electron chi connectivity index (χ4n) is 9.95. The number of anilines is 1. The van der Waals surface area contributed by atoms with Gasteiger partial charge in [-0.2, -0.15) is 0 Å². The van der Waals surface area contributed by atoms with E-state index in [2.05, 4.69) is 17.4 Å². The molecule has 1 unspecified atom stereocenters. The van der Waals surface area contributed by atoms with E-state index in [4.69, 9.17) is 4.74 Å². The molecule has 1 N–H and O–H groups in total. The van der Waals surface area contributed by atoms with E-state index >= 15 is 0 Å². The number of nitrogens with one attached hydrogen (secondary N) is 1. The van der Waals surface area contributed by atoms with Gasteiger partial charge in [0.1, 0.15) is 18.3 Å². The zero-order chi connectivity index (χ0) is 34.9. The lowest BCUT2D eigenvalue weighted by atomic mass is 9.48. The van der Waals surface area contributed by atoms with Crippen LogP contribution in [-0.4, -0.2) is 57.1 Å².